The number of hydrogen-bond acceptors (Lipinski definition) is 1. The molecule has 12 heavy (non-hydrogen) atoms. The molecular formula is C8H9Cl2NbO. The summed E-state index contributed by atoms with van der Waals surface area (Å²) in [5, 5.41) is 0. The Labute approximate surface area is 86.9 Å². The summed E-state index contributed by atoms with van der Waals surface area (Å²) in [5.74, 6) is 0.852. The van der Waals surface area contributed by atoms with Crippen LogP contribution in [0.5, 0.6) is 5.75 Å². The zero-order valence-corrected chi connectivity index (χ0v) is 10.6. The van der Waals surface area contributed by atoms with Crippen LogP contribution in [0.1, 0.15) is 11.1 Å². The zero-order chi connectivity index (χ0) is 9.14. The molecule has 1 nitrogen and oxygen atoms in total. The fraction of sp³-hybridized carbons (Fsp3) is 0.250. The molecule has 0 unspecified atom stereocenters. The molecule has 0 aliphatic rings. The van der Waals surface area contributed by atoms with Crippen LogP contribution in [-0.2, 0) is 16.7 Å². The molecule has 0 aliphatic heterocycles. The van der Waals surface area contributed by atoms with Gasteiger partial charge >= 0.3 is 87.2 Å². The van der Waals surface area contributed by atoms with Crippen molar-refractivity contribution >= 4 is 18.4 Å². The van der Waals surface area contributed by atoms with Crippen molar-refractivity contribution in [3.05, 3.63) is 29.3 Å². The van der Waals surface area contributed by atoms with Crippen molar-refractivity contribution in [3.63, 3.8) is 0 Å². The van der Waals surface area contributed by atoms with E-state index in [1.807, 2.05) is 32.0 Å². The van der Waals surface area contributed by atoms with E-state index in [0.717, 1.165) is 16.9 Å². The molecule has 0 heterocycles. The first-order chi connectivity index (χ1) is 5.61. The van der Waals surface area contributed by atoms with Gasteiger partial charge in [-0.05, 0) is 0 Å². The second-order valence-corrected chi connectivity index (χ2v) is 8.61. The van der Waals surface area contributed by atoms with Crippen LogP contribution in [0.4, 0.5) is 0 Å². The van der Waals surface area contributed by atoms with Gasteiger partial charge in [0.1, 0.15) is 0 Å². The molecule has 0 bridgehead atoms. The summed E-state index contributed by atoms with van der Waals surface area (Å²) in [6.07, 6.45) is 0. The standard InChI is InChI=1S/C8H10O.2ClH.Nb/c1-6-4-3-5-7(2)8(6)9;;;/h3-5,9H,1-2H3;2*1H;/q;;;+3/p-3. The van der Waals surface area contributed by atoms with Gasteiger partial charge in [-0.3, -0.25) is 0 Å². The molecule has 0 saturated heterocycles. The fourth-order valence-electron chi connectivity index (χ4n) is 1.01. The molecule has 0 aromatic heterocycles. The summed E-state index contributed by atoms with van der Waals surface area (Å²) in [6.45, 7) is 3.97. The van der Waals surface area contributed by atoms with Crippen molar-refractivity contribution in [3.8, 4) is 5.75 Å². The average Bonchev–Trinajstić information content (AvgIpc) is 1.97. The molecule has 0 N–H and O–H groups in total. The number of para-hydroxylation sites is 1. The van der Waals surface area contributed by atoms with Gasteiger partial charge in [-0.1, -0.05) is 0 Å². The molecule has 0 atom stereocenters. The summed E-state index contributed by atoms with van der Waals surface area (Å²) < 4.78 is 5.39. The third-order valence-electron chi connectivity index (χ3n) is 1.57. The van der Waals surface area contributed by atoms with E-state index < -0.39 is 16.7 Å². The van der Waals surface area contributed by atoms with E-state index in [-0.39, 0.29) is 0 Å². The van der Waals surface area contributed by atoms with E-state index in [1.54, 1.807) is 0 Å². The fourth-order valence-corrected chi connectivity index (χ4v) is 2.88. The second kappa shape index (κ2) is 4.54. The Hall–Kier alpha value is 0.340. The second-order valence-electron chi connectivity index (χ2n) is 2.51. The van der Waals surface area contributed by atoms with Gasteiger partial charge in [-0.2, -0.15) is 0 Å². The summed E-state index contributed by atoms with van der Waals surface area (Å²) in [6, 6.07) is 5.96. The van der Waals surface area contributed by atoms with E-state index in [0.29, 0.717) is 0 Å². The molecule has 0 amide bonds. The Morgan fingerprint density at radius 2 is 1.67 bits per heavy atom. The van der Waals surface area contributed by atoms with Crippen LogP contribution in [0.25, 0.3) is 0 Å². The number of benzene rings is 1. The van der Waals surface area contributed by atoms with Gasteiger partial charge in [0.15, 0.2) is 0 Å². The molecule has 0 aliphatic carbocycles. The van der Waals surface area contributed by atoms with Crippen molar-refractivity contribution in [1.82, 2.24) is 0 Å². The van der Waals surface area contributed by atoms with Gasteiger partial charge in [-0.15, -0.1) is 0 Å². The van der Waals surface area contributed by atoms with Gasteiger partial charge in [-0.25, -0.2) is 0 Å². The SMILES string of the molecule is Cc1cccc(C)c1[O][Nb]([Cl])[Cl]. The van der Waals surface area contributed by atoms with Crippen LogP contribution in [0.2, 0.25) is 0 Å². The quantitative estimate of drug-likeness (QED) is 0.755. The molecule has 1 aromatic carbocycles. The summed E-state index contributed by atoms with van der Waals surface area (Å²) in [5.41, 5.74) is 2.18. The molecule has 1 rings (SSSR count). The first-order valence-electron chi connectivity index (χ1n) is 3.47. The van der Waals surface area contributed by atoms with Gasteiger partial charge in [0.2, 0.25) is 0 Å². The Bertz CT molecular complexity index is 256. The first kappa shape index (κ1) is 10.4. The van der Waals surface area contributed by atoms with E-state index in [4.69, 9.17) is 21.6 Å². The van der Waals surface area contributed by atoms with E-state index in [9.17, 15) is 0 Å². The predicted molar refractivity (Wildman–Crippen MR) is 48.3 cm³/mol. The van der Waals surface area contributed by atoms with Gasteiger partial charge in [0, 0.05) is 0 Å². The number of rotatable bonds is 2. The molecular weight excluding hydrogens is 276 g/mol. The molecule has 0 spiro atoms. The molecule has 0 radical (unpaired) electrons. The molecule has 66 valence electrons. The maximum atomic E-state index is 5.68. The van der Waals surface area contributed by atoms with Crippen LogP contribution < -0.4 is 3.24 Å². The number of halogens is 2. The van der Waals surface area contributed by atoms with Crippen molar-refractivity contribution in [2.24, 2.45) is 0 Å². The molecule has 0 fully saturated rings. The maximum absolute atomic E-state index is 5.68. The van der Waals surface area contributed by atoms with Crippen LogP contribution in [0.3, 0.4) is 0 Å². The monoisotopic (exact) mass is 284 g/mol. The van der Waals surface area contributed by atoms with Crippen LogP contribution in [-0.4, -0.2) is 0 Å². The summed E-state index contributed by atoms with van der Waals surface area (Å²) >= 11 is -2.40. The van der Waals surface area contributed by atoms with Crippen molar-refractivity contribution in [1.29, 1.82) is 0 Å². The first-order valence-corrected chi connectivity index (χ1v) is 10.0. The van der Waals surface area contributed by atoms with Crippen LogP contribution in [0.15, 0.2) is 18.2 Å². The summed E-state index contributed by atoms with van der Waals surface area (Å²) in [7, 11) is 11.4. The minimum atomic E-state index is -2.40. The van der Waals surface area contributed by atoms with E-state index in [2.05, 4.69) is 0 Å². The van der Waals surface area contributed by atoms with Gasteiger partial charge < -0.3 is 0 Å². The van der Waals surface area contributed by atoms with Gasteiger partial charge in [0.05, 0.1) is 0 Å². The Morgan fingerprint density at radius 1 is 1.17 bits per heavy atom. The van der Waals surface area contributed by atoms with Gasteiger partial charge in [0.25, 0.3) is 0 Å². The number of aryl methyl sites for hydroxylation is 2. The normalized spacial score (nSPS) is 10.4. The average molecular weight is 285 g/mol. The Morgan fingerprint density at radius 3 is 2.08 bits per heavy atom. The molecule has 1 aromatic rings. The zero-order valence-electron chi connectivity index (χ0n) is 6.84. The van der Waals surface area contributed by atoms with Crippen molar-refractivity contribution in [2.45, 2.75) is 13.8 Å². The third kappa shape index (κ3) is 2.68. The van der Waals surface area contributed by atoms with Crippen LogP contribution >= 0.6 is 18.4 Å². The molecule has 4 heteroatoms. The van der Waals surface area contributed by atoms with E-state index >= 15 is 0 Å². The molecule has 0 saturated carbocycles. The van der Waals surface area contributed by atoms with Crippen molar-refractivity contribution < 1.29 is 19.9 Å². The van der Waals surface area contributed by atoms with Crippen LogP contribution in [0, 0.1) is 13.8 Å². The predicted octanol–water partition coefficient (Wildman–Crippen LogP) is 3.52. The minimum absolute atomic E-state index is 0.852. The van der Waals surface area contributed by atoms with Crippen molar-refractivity contribution in [2.75, 3.05) is 0 Å². The number of hydrogen-bond donors (Lipinski definition) is 0. The Kier molecular flexibility index (Phi) is 3.94. The topological polar surface area (TPSA) is 9.23 Å². The van der Waals surface area contributed by atoms with E-state index in [1.165, 1.54) is 0 Å². The Balaban J connectivity index is 2.96. The third-order valence-corrected chi connectivity index (χ3v) is 3.17. The summed E-state index contributed by atoms with van der Waals surface area (Å²) in [4.78, 5) is 0.